The maximum Gasteiger partial charge on any atom is 0.259 e. The Kier molecular flexibility index (Phi) is 7.91. The van der Waals surface area contributed by atoms with Gasteiger partial charge in [-0.1, -0.05) is 61.2 Å². The maximum atomic E-state index is 13.6. The van der Waals surface area contributed by atoms with Crippen LogP contribution in [-0.4, -0.2) is 58.3 Å². The molecule has 10 nitrogen and oxygen atoms in total. The summed E-state index contributed by atoms with van der Waals surface area (Å²) in [4.78, 5) is 50.6. The number of thioether (sulfide) groups is 1. The Balaban J connectivity index is 1.16. The van der Waals surface area contributed by atoms with Crippen molar-refractivity contribution >= 4 is 51.9 Å². The molecule has 3 aromatic carbocycles. The van der Waals surface area contributed by atoms with Crippen LogP contribution in [-0.2, 0) is 20.8 Å². The molecule has 3 aliphatic rings. The lowest BCUT2D eigenvalue weighted by Crippen LogP contribution is -2.43. The number of fused-ring (bicyclic) bond motifs is 4. The van der Waals surface area contributed by atoms with Gasteiger partial charge in [0, 0.05) is 23.9 Å². The first-order chi connectivity index (χ1) is 20.5. The number of hydrogen-bond donors (Lipinski definition) is 2. The van der Waals surface area contributed by atoms with Crippen molar-refractivity contribution in [3.8, 4) is 11.5 Å². The molecule has 3 aliphatic heterocycles. The second kappa shape index (κ2) is 12.1. The quantitative estimate of drug-likeness (QED) is 0.388. The van der Waals surface area contributed by atoms with Gasteiger partial charge in [-0.2, -0.15) is 0 Å². The van der Waals surface area contributed by atoms with Crippen molar-refractivity contribution in [2.75, 3.05) is 18.7 Å². The third kappa shape index (κ3) is 5.73. The normalized spacial score (nSPS) is 17.1. The number of rotatable bonds is 9. The number of nitrogens with one attached hydrogen (secondary N) is 2. The highest BCUT2D eigenvalue weighted by Gasteiger charge is 2.43. The Morgan fingerprint density at radius 2 is 1.83 bits per heavy atom. The van der Waals surface area contributed by atoms with Crippen molar-refractivity contribution in [1.82, 2.24) is 10.2 Å². The van der Waals surface area contributed by atoms with Crippen LogP contribution in [0.25, 0.3) is 0 Å². The lowest BCUT2D eigenvalue weighted by Gasteiger charge is -2.27. The number of anilines is 1. The lowest BCUT2D eigenvalue weighted by atomic mass is 10.1. The van der Waals surface area contributed by atoms with Crippen LogP contribution in [0.2, 0.25) is 0 Å². The fourth-order valence-electron chi connectivity index (χ4n) is 4.90. The molecule has 2 N–H and O–H groups in total. The summed E-state index contributed by atoms with van der Waals surface area (Å²) in [7, 11) is 0. The van der Waals surface area contributed by atoms with Crippen LogP contribution >= 0.6 is 11.8 Å². The van der Waals surface area contributed by atoms with Crippen LogP contribution in [0.15, 0.2) is 82.8 Å². The summed E-state index contributed by atoms with van der Waals surface area (Å²) in [5, 5.41) is 5.64. The molecule has 0 radical (unpaired) electrons. The Morgan fingerprint density at radius 1 is 1.05 bits per heavy atom. The van der Waals surface area contributed by atoms with Gasteiger partial charge in [0.25, 0.3) is 5.91 Å². The average molecular weight is 584 g/mol. The predicted molar refractivity (Wildman–Crippen MR) is 161 cm³/mol. The van der Waals surface area contributed by atoms with Gasteiger partial charge in [-0.3, -0.25) is 19.4 Å². The van der Waals surface area contributed by atoms with Crippen LogP contribution in [0.4, 0.5) is 11.4 Å². The van der Waals surface area contributed by atoms with Gasteiger partial charge < -0.3 is 20.1 Å². The minimum Gasteiger partial charge on any atom is -0.454 e. The Bertz CT molecular complexity index is 1590. The molecule has 0 saturated heterocycles. The first-order valence-corrected chi connectivity index (χ1v) is 14.7. The molecule has 3 amide bonds. The van der Waals surface area contributed by atoms with Gasteiger partial charge in [0.15, 0.2) is 16.7 Å². The van der Waals surface area contributed by atoms with E-state index < -0.39 is 11.3 Å². The molecule has 11 heteroatoms. The minimum atomic E-state index is -0.879. The molecule has 3 aromatic rings. The number of aliphatic imine (C=N–C) groups is 2. The number of amidine groups is 2. The van der Waals surface area contributed by atoms with Crippen LogP contribution < -0.4 is 20.1 Å². The minimum absolute atomic E-state index is 0.0739. The highest BCUT2D eigenvalue weighted by atomic mass is 32.2. The van der Waals surface area contributed by atoms with Crippen LogP contribution in [0, 0.1) is 0 Å². The molecule has 0 saturated carbocycles. The molecule has 42 heavy (non-hydrogen) atoms. The standard InChI is InChI=1S/C31H29N5O5S/c1-2-26(29(38)33-20-12-13-24-25(16-20)41-18-40-24)42-31-35-22-11-7-6-10-21(22)28-34-23(30(39)36(28)31)17-27(37)32-15-14-19-8-4-3-5-9-19/h3-13,16,23,26H,2,14-15,17-18H2,1H3,(H,32,37)(H,33,38)/t23-,26-/m1/s1. The first-order valence-electron chi connectivity index (χ1n) is 13.8. The SMILES string of the molecule is CC[C@@H](SC1=Nc2ccccc2C2=N[C@H](CC(=O)NCCc3ccccc3)C(=O)N12)C(=O)Nc1ccc2c(c1)OCO2. The number of nitrogens with zero attached hydrogens (tertiary/aromatic N) is 3. The summed E-state index contributed by atoms with van der Waals surface area (Å²) in [6, 6.07) is 21.6. The van der Waals surface area contributed by atoms with E-state index in [9.17, 15) is 14.4 Å². The third-order valence-electron chi connectivity index (χ3n) is 7.06. The van der Waals surface area contributed by atoms with E-state index in [4.69, 9.17) is 14.5 Å². The Hall–Kier alpha value is -4.64. The van der Waals surface area contributed by atoms with Crippen LogP contribution in [0.3, 0.4) is 0 Å². The van der Waals surface area contributed by atoms with E-state index in [1.807, 2.05) is 61.5 Å². The molecule has 0 aromatic heterocycles. The number of carbonyl (C=O) groups is 3. The number of ether oxygens (including phenoxy) is 2. The number of carbonyl (C=O) groups excluding carboxylic acids is 3. The summed E-state index contributed by atoms with van der Waals surface area (Å²) < 4.78 is 10.8. The number of hydrogen-bond acceptors (Lipinski definition) is 8. The highest BCUT2D eigenvalue weighted by molar-refractivity contribution is 8.15. The zero-order valence-electron chi connectivity index (χ0n) is 22.9. The molecule has 0 bridgehead atoms. The van der Waals surface area contributed by atoms with Crippen molar-refractivity contribution < 1.29 is 23.9 Å². The van der Waals surface area contributed by atoms with E-state index in [2.05, 4.69) is 15.6 Å². The van der Waals surface area contributed by atoms with E-state index in [0.717, 1.165) is 5.56 Å². The van der Waals surface area contributed by atoms with Gasteiger partial charge in [-0.05, 0) is 42.7 Å². The fraction of sp³-hybridized carbons (Fsp3) is 0.258. The number of para-hydroxylation sites is 1. The van der Waals surface area contributed by atoms with Crippen molar-refractivity contribution in [3.63, 3.8) is 0 Å². The van der Waals surface area contributed by atoms with E-state index in [1.54, 1.807) is 18.2 Å². The van der Waals surface area contributed by atoms with Crippen molar-refractivity contribution in [2.45, 2.75) is 37.5 Å². The lowest BCUT2D eigenvalue weighted by molar-refractivity contribution is -0.128. The second-order valence-electron chi connectivity index (χ2n) is 9.92. The predicted octanol–water partition coefficient (Wildman–Crippen LogP) is 4.27. The molecule has 6 rings (SSSR count). The van der Waals surface area contributed by atoms with Crippen molar-refractivity contribution in [2.24, 2.45) is 9.98 Å². The molecule has 2 atom stereocenters. The molecule has 0 spiro atoms. The number of amides is 3. The molecule has 0 unspecified atom stereocenters. The van der Waals surface area contributed by atoms with Gasteiger partial charge in [-0.25, -0.2) is 9.89 Å². The molecular weight excluding hydrogens is 554 g/mol. The summed E-state index contributed by atoms with van der Waals surface area (Å²) in [6.07, 6.45) is 1.11. The van der Waals surface area contributed by atoms with Gasteiger partial charge in [0.1, 0.15) is 11.9 Å². The summed E-state index contributed by atoms with van der Waals surface area (Å²) in [5.74, 6) is 0.824. The largest absolute Gasteiger partial charge is 0.454 e. The smallest absolute Gasteiger partial charge is 0.259 e. The molecule has 214 valence electrons. The molecule has 0 aliphatic carbocycles. The average Bonchev–Trinajstić information content (AvgIpc) is 3.60. The second-order valence-corrected chi connectivity index (χ2v) is 11.1. The maximum absolute atomic E-state index is 13.6. The molecule has 3 heterocycles. The fourth-order valence-corrected chi connectivity index (χ4v) is 5.92. The molecular formula is C31H29N5O5S. The van der Waals surface area contributed by atoms with Gasteiger partial charge >= 0.3 is 0 Å². The first kappa shape index (κ1) is 27.5. The monoisotopic (exact) mass is 583 g/mol. The van der Waals surface area contributed by atoms with Gasteiger partial charge in [-0.15, -0.1) is 0 Å². The number of benzene rings is 3. The van der Waals surface area contributed by atoms with E-state index >= 15 is 0 Å². The topological polar surface area (TPSA) is 122 Å². The Morgan fingerprint density at radius 3 is 2.67 bits per heavy atom. The van der Waals surface area contributed by atoms with Gasteiger partial charge in [0.05, 0.1) is 17.4 Å². The van der Waals surface area contributed by atoms with E-state index in [-0.39, 0.29) is 30.9 Å². The van der Waals surface area contributed by atoms with Crippen molar-refractivity contribution in [3.05, 3.63) is 83.9 Å². The zero-order chi connectivity index (χ0) is 29.1. The third-order valence-corrected chi connectivity index (χ3v) is 8.37. The van der Waals surface area contributed by atoms with E-state index in [0.29, 0.717) is 58.8 Å². The summed E-state index contributed by atoms with van der Waals surface area (Å²) in [6.45, 7) is 2.51. The Labute approximate surface area is 247 Å². The van der Waals surface area contributed by atoms with Gasteiger partial charge in [0.2, 0.25) is 18.6 Å². The van der Waals surface area contributed by atoms with E-state index in [1.165, 1.54) is 16.7 Å². The van der Waals surface area contributed by atoms with Crippen molar-refractivity contribution in [1.29, 1.82) is 0 Å². The highest BCUT2D eigenvalue weighted by Crippen LogP contribution is 2.37. The summed E-state index contributed by atoms with van der Waals surface area (Å²) >= 11 is 1.20. The molecule has 0 fully saturated rings. The zero-order valence-corrected chi connectivity index (χ0v) is 23.7. The van der Waals surface area contributed by atoms with Crippen LogP contribution in [0.5, 0.6) is 11.5 Å². The summed E-state index contributed by atoms with van der Waals surface area (Å²) in [5.41, 5.74) is 3.06. The van der Waals surface area contributed by atoms with Crippen LogP contribution in [0.1, 0.15) is 30.9 Å².